The molecular weight excluding hydrogens is 339 g/mol. The molecule has 2 rings (SSSR count). The minimum atomic E-state index is -0.119. The van der Waals surface area contributed by atoms with E-state index in [0.29, 0.717) is 5.02 Å². The Morgan fingerprint density at radius 1 is 1.29 bits per heavy atom. The summed E-state index contributed by atoms with van der Waals surface area (Å²) >= 11 is 17.7. The number of thiophene rings is 1. The maximum absolute atomic E-state index is 6.50. The fourth-order valence-electron chi connectivity index (χ4n) is 1.58. The highest BCUT2D eigenvalue weighted by molar-refractivity contribution is 9.10. The summed E-state index contributed by atoms with van der Waals surface area (Å²) in [6, 6.07) is 9.95. The highest BCUT2D eigenvalue weighted by Crippen LogP contribution is 2.38. The second kappa shape index (κ2) is 5.75. The molecule has 1 atom stereocenters. The van der Waals surface area contributed by atoms with Crippen LogP contribution in [0, 0.1) is 0 Å². The molecule has 0 radical (unpaired) electrons. The lowest BCUT2D eigenvalue weighted by Crippen LogP contribution is -1.91. The summed E-state index contributed by atoms with van der Waals surface area (Å²) in [6.45, 7) is 2.15. The third-order valence-electron chi connectivity index (χ3n) is 2.52. The van der Waals surface area contributed by atoms with E-state index in [1.165, 1.54) is 9.75 Å². The average Bonchev–Trinajstić information content (AvgIpc) is 2.76. The highest BCUT2D eigenvalue weighted by Gasteiger charge is 2.16. The third-order valence-corrected chi connectivity index (χ3v) is 5.33. The van der Waals surface area contributed by atoms with E-state index in [-0.39, 0.29) is 5.38 Å². The summed E-state index contributed by atoms with van der Waals surface area (Å²) in [4.78, 5) is 2.53. The third kappa shape index (κ3) is 3.05. The Morgan fingerprint density at radius 2 is 2.06 bits per heavy atom. The van der Waals surface area contributed by atoms with Crippen molar-refractivity contribution < 1.29 is 0 Å². The van der Waals surface area contributed by atoms with Gasteiger partial charge in [-0.3, -0.25) is 0 Å². The van der Waals surface area contributed by atoms with Crippen LogP contribution in [0.5, 0.6) is 0 Å². The van der Waals surface area contributed by atoms with Crippen molar-refractivity contribution in [1.29, 1.82) is 0 Å². The van der Waals surface area contributed by atoms with Crippen LogP contribution >= 0.6 is 50.5 Å². The highest BCUT2D eigenvalue weighted by atomic mass is 79.9. The van der Waals surface area contributed by atoms with Gasteiger partial charge in [-0.05, 0) is 36.2 Å². The summed E-state index contributed by atoms with van der Waals surface area (Å²) in [5, 5.41) is 0.594. The Hall–Kier alpha value is -0.0200. The van der Waals surface area contributed by atoms with Crippen LogP contribution in [-0.2, 0) is 6.42 Å². The van der Waals surface area contributed by atoms with Gasteiger partial charge in [-0.1, -0.05) is 40.5 Å². The van der Waals surface area contributed by atoms with Gasteiger partial charge in [-0.15, -0.1) is 22.9 Å². The molecule has 0 aliphatic rings. The van der Waals surface area contributed by atoms with Gasteiger partial charge in [0.1, 0.15) is 0 Å². The van der Waals surface area contributed by atoms with Gasteiger partial charge >= 0.3 is 0 Å². The van der Waals surface area contributed by atoms with Gasteiger partial charge in [0.25, 0.3) is 0 Å². The van der Waals surface area contributed by atoms with Crippen molar-refractivity contribution in [3.8, 4) is 0 Å². The number of alkyl halides is 1. The van der Waals surface area contributed by atoms with Crippen molar-refractivity contribution in [3.63, 3.8) is 0 Å². The van der Waals surface area contributed by atoms with E-state index < -0.39 is 0 Å². The van der Waals surface area contributed by atoms with Gasteiger partial charge < -0.3 is 0 Å². The Kier molecular flexibility index (Phi) is 4.53. The van der Waals surface area contributed by atoms with Crippen molar-refractivity contribution in [2.45, 2.75) is 18.7 Å². The van der Waals surface area contributed by atoms with Gasteiger partial charge in [0.15, 0.2) is 0 Å². The summed E-state index contributed by atoms with van der Waals surface area (Å²) < 4.78 is 0.955. The summed E-state index contributed by atoms with van der Waals surface area (Å²) in [5.41, 5.74) is 1.06. The van der Waals surface area contributed by atoms with E-state index in [4.69, 9.17) is 23.2 Å². The van der Waals surface area contributed by atoms with E-state index in [0.717, 1.165) is 16.5 Å². The van der Waals surface area contributed by atoms with Crippen molar-refractivity contribution in [3.05, 3.63) is 55.1 Å². The van der Waals surface area contributed by atoms with E-state index >= 15 is 0 Å². The zero-order chi connectivity index (χ0) is 12.4. The van der Waals surface area contributed by atoms with Crippen LogP contribution in [0.2, 0.25) is 5.02 Å². The first-order valence-corrected chi connectivity index (χ1v) is 7.72. The quantitative estimate of drug-likeness (QED) is 0.591. The van der Waals surface area contributed by atoms with Crippen LogP contribution in [0.3, 0.4) is 0 Å². The second-order valence-corrected chi connectivity index (χ2v) is 6.61. The molecule has 1 aromatic carbocycles. The van der Waals surface area contributed by atoms with Crippen LogP contribution < -0.4 is 0 Å². The first kappa shape index (κ1) is 13.4. The molecule has 1 heterocycles. The van der Waals surface area contributed by atoms with Crippen molar-refractivity contribution in [1.82, 2.24) is 0 Å². The van der Waals surface area contributed by atoms with Crippen LogP contribution in [0.25, 0.3) is 0 Å². The first-order chi connectivity index (χ1) is 8.11. The molecule has 2 aromatic rings. The van der Waals surface area contributed by atoms with E-state index in [2.05, 4.69) is 35.0 Å². The number of hydrogen-bond acceptors (Lipinski definition) is 1. The number of rotatable bonds is 3. The van der Waals surface area contributed by atoms with Crippen LogP contribution in [0.1, 0.15) is 27.6 Å². The Bertz CT molecular complexity index is 522. The number of benzene rings is 1. The topological polar surface area (TPSA) is 0 Å². The van der Waals surface area contributed by atoms with Crippen LogP contribution in [0.4, 0.5) is 0 Å². The molecule has 4 heteroatoms. The fourth-order valence-corrected chi connectivity index (χ4v) is 3.97. The maximum Gasteiger partial charge on any atom is 0.0938 e. The number of hydrogen-bond donors (Lipinski definition) is 0. The molecule has 1 aromatic heterocycles. The molecular formula is C13H11BrCl2S. The van der Waals surface area contributed by atoms with Crippen LogP contribution in [0.15, 0.2) is 34.8 Å². The minimum absolute atomic E-state index is 0.119. The number of aryl methyl sites for hydroxylation is 1. The monoisotopic (exact) mass is 348 g/mol. The van der Waals surface area contributed by atoms with E-state index in [1.54, 1.807) is 11.3 Å². The van der Waals surface area contributed by atoms with Crippen molar-refractivity contribution in [2.24, 2.45) is 0 Å². The fraction of sp³-hybridized carbons (Fsp3) is 0.231. The predicted molar refractivity (Wildman–Crippen MR) is 80.5 cm³/mol. The first-order valence-electron chi connectivity index (χ1n) is 5.29. The molecule has 0 amide bonds. The maximum atomic E-state index is 6.50. The number of halogens is 3. The minimum Gasteiger partial charge on any atom is -0.143 e. The van der Waals surface area contributed by atoms with Gasteiger partial charge in [-0.25, -0.2) is 0 Å². The molecule has 0 bridgehead atoms. The zero-order valence-electron chi connectivity index (χ0n) is 9.21. The Balaban J connectivity index is 2.33. The van der Waals surface area contributed by atoms with E-state index in [9.17, 15) is 0 Å². The molecule has 0 saturated heterocycles. The molecule has 90 valence electrons. The SMILES string of the molecule is CCc1ccc(C(Cl)c2ccc(Cl)cc2Br)s1. The smallest absolute Gasteiger partial charge is 0.0938 e. The predicted octanol–water partition coefficient (Wildman–Crippen LogP) is 6.05. The molecule has 0 aliphatic heterocycles. The zero-order valence-corrected chi connectivity index (χ0v) is 13.1. The second-order valence-electron chi connectivity index (χ2n) is 3.69. The van der Waals surface area contributed by atoms with Crippen LogP contribution in [-0.4, -0.2) is 0 Å². The molecule has 1 unspecified atom stereocenters. The molecule has 0 fully saturated rings. The van der Waals surface area contributed by atoms with Gasteiger partial charge in [0, 0.05) is 19.2 Å². The Labute approximate surface area is 124 Å². The standard InChI is InChI=1S/C13H11BrCl2S/c1-2-9-4-6-12(17-9)13(16)10-5-3-8(15)7-11(10)14/h3-7,13H,2H2,1H3. The molecule has 0 saturated carbocycles. The normalized spacial score (nSPS) is 12.7. The van der Waals surface area contributed by atoms with Crippen molar-refractivity contribution >= 4 is 50.5 Å². The molecule has 0 nitrogen and oxygen atoms in total. The molecule has 0 spiro atoms. The summed E-state index contributed by atoms with van der Waals surface area (Å²) in [7, 11) is 0. The molecule has 0 N–H and O–H groups in total. The lowest BCUT2D eigenvalue weighted by Gasteiger charge is -2.10. The largest absolute Gasteiger partial charge is 0.143 e. The average molecular weight is 350 g/mol. The van der Waals surface area contributed by atoms with Gasteiger partial charge in [0.05, 0.1) is 5.38 Å². The van der Waals surface area contributed by atoms with Gasteiger partial charge in [-0.2, -0.15) is 0 Å². The summed E-state index contributed by atoms with van der Waals surface area (Å²) in [6.07, 6.45) is 1.05. The van der Waals surface area contributed by atoms with E-state index in [1.807, 2.05) is 18.2 Å². The molecule has 17 heavy (non-hydrogen) atoms. The van der Waals surface area contributed by atoms with Gasteiger partial charge in [0.2, 0.25) is 0 Å². The van der Waals surface area contributed by atoms with Crippen molar-refractivity contribution in [2.75, 3.05) is 0 Å². The lowest BCUT2D eigenvalue weighted by atomic mass is 10.1. The summed E-state index contributed by atoms with van der Waals surface area (Å²) in [5.74, 6) is 0. The lowest BCUT2D eigenvalue weighted by molar-refractivity contribution is 1.17. The Morgan fingerprint density at radius 3 is 2.65 bits per heavy atom. The molecule has 0 aliphatic carbocycles.